The molecular formula is C28H34ClN9O5. The molecule has 0 fully saturated rings. The third-order valence-electron chi connectivity index (χ3n) is 6.06. The van der Waals surface area contributed by atoms with Crippen LogP contribution in [-0.2, 0) is 23.9 Å². The van der Waals surface area contributed by atoms with Gasteiger partial charge in [-0.05, 0) is 48.9 Å². The number of nitrogens with zero attached hydrogens (tertiary/aromatic N) is 3. The van der Waals surface area contributed by atoms with Crippen molar-refractivity contribution in [1.82, 2.24) is 15.3 Å². The number of fused-ring (bicyclic) bond motifs is 4. The molecule has 1 aliphatic rings. The predicted molar refractivity (Wildman–Crippen MR) is 166 cm³/mol. The van der Waals surface area contributed by atoms with Crippen molar-refractivity contribution in [2.24, 2.45) is 16.8 Å². The van der Waals surface area contributed by atoms with Crippen LogP contribution in [0.4, 0.5) is 17.1 Å². The van der Waals surface area contributed by atoms with E-state index in [9.17, 15) is 9.59 Å². The van der Waals surface area contributed by atoms with Crippen molar-refractivity contribution in [1.29, 1.82) is 0 Å². The number of aromatic nitrogens is 2. The molecule has 1 atom stereocenters. The summed E-state index contributed by atoms with van der Waals surface area (Å²) in [5.41, 5.74) is 4.09. The second kappa shape index (κ2) is 16.5. The second-order valence-electron chi connectivity index (χ2n) is 9.02. The van der Waals surface area contributed by atoms with Gasteiger partial charge in [0.1, 0.15) is 18.2 Å². The van der Waals surface area contributed by atoms with Crippen LogP contribution in [0.25, 0.3) is 17.3 Å². The van der Waals surface area contributed by atoms with E-state index in [1.54, 1.807) is 30.5 Å². The van der Waals surface area contributed by atoms with E-state index in [4.69, 9.17) is 32.8 Å². The summed E-state index contributed by atoms with van der Waals surface area (Å²) >= 11 is 6.15. The van der Waals surface area contributed by atoms with Gasteiger partial charge in [-0.3, -0.25) is 19.4 Å². The predicted octanol–water partition coefficient (Wildman–Crippen LogP) is 2.76. The van der Waals surface area contributed by atoms with Crippen molar-refractivity contribution >= 4 is 59.4 Å². The summed E-state index contributed by atoms with van der Waals surface area (Å²) in [5.74, 6) is 11.2. The minimum Gasteiger partial charge on any atom is -0.471 e. The molecule has 0 aliphatic carbocycles. The Morgan fingerprint density at radius 1 is 1.30 bits per heavy atom. The number of anilines is 3. The molecule has 2 heterocycles. The zero-order valence-corrected chi connectivity index (χ0v) is 24.4. The fraction of sp³-hybridized carbons (Fsp3) is 0.250. The van der Waals surface area contributed by atoms with E-state index in [0.717, 1.165) is 11.3 Å². The van der Waals surface area contributed by atoms with Crippen LogP contribution in [-0.4, -0.2) is 62.0 Å². The van der Waals surface area contributed by atoms with Gasteiger partial charge < -0.3 is 36.3 Å². The number of ether oxygens (including phenoxy) is 2. The molecule has 15 heteroatoms. The maximum atomic E-state index is 13.0. The summed E-state index contributed by atoms with van der Waals surface area (Å²) in [5, 5.41) is 14.1. The number of rotatable bonds is 7. The molecule has 8 N–H and O–H groups in total. The third kappa shape index (κ3) is 9.56. The van der Waals surface area contributed by atoms with Gasteiger partial charge in [-0.15, -0.1) is 0 Å². The van der Waals surface area contributed by atoms with Crippen molar-refractivity contribution in [3.05, 3.63) is 65.1 Å². The lowest BCUT2D eigenvalue weighted by molar-refractivity contribution is -0.126. The molecule has 3 aromatic rings. The van der Waals surface area contributed by atoms with Gasteiger partial charge in [0.2, 0.25) is 11.8 Å². The average Bonchev–Trinajstić information content (AvgIpc) is 3.49. The van der Waals surface area contributed by atoms with E-state index >= 15 is 0 Å². The highest BCUT2D eigenvalue weighted by atomic mass is 35.5. The molecule has 2 bridgehead atoms. The Bertz CT molecular complexity index is 1460. The Labute approximate surface area is 253 Å². The number of benzene rings is 2. The van der Waals surface area contributed by atoms with Crippen molar-refractivity contribution < 1.29 is 23.9 Å². The maximum Gasteiger partial charge on any atom is 0.292 e. The lowest BCUT2D eigenvalue weighted by atomic mass is 10.1. The summed E-state index contributed by atoms with van der Waals surface area (Å²) in [6, 6.07) is 10.1. The topological polar surface area (TPSA) is 202 Å². The van der Waals surface area contributed by atoms with Crippen molar-refractivity contribution in [2.75, 3.05) is 43.0 Å². The van der Waals surface area contributed by atoms with Crippen molar-refractivity contribution in [3.63, 3.8) is 0 Å². The Kier molecular flexibility index (Phi) is 12.5. The quantitative estimate of drug-likeness (QED) is 0.0576. The lowest BCUT2D eigenvalue weighted by Gasteiger charge is -2.17. The number of hydrogen-bond acceptors (Lipinski definition) is 10. The molecule has 43 heavy (non-hydrogen) atoms. The normalized spacial score (nSPS) is 15.1. The van der Waals surface area contributed by atoms with Crippen LogP contribution in [0, 0.1) is 0 Å². The molecule has 4 rings (SSSR count). The Morgan fingerprint density at radius 2 is 2.09 bits per heavy atom. The van der Waals surface area contributed by atoms with Gasteiger partial charge in [-0.1, -0.05) is 11.6 Å². The maximum absolute atomic E-state index is 13.0. The van der Waals surface area contributed by atoms with Crippen molar-refractivity contribution in [3.8, 4) is 11.3 Å². The molecule has 0 saturated heterocycles. The number of methoxy groups -OCH3 is 1. The molecule has 2 amide bonds. The lowest BCUT2D eigenvalue weighted by Crippen LogP contribution is -2.31. The van der Waals surface area contributed by atoms with Gasteiger partial charge in [0.15, 0.2) is 0 Å². The number of hydrazine groups is 1. The van der Waals surface area contributed by atoms with E-state index in [0.29, 0.717) is 59.4 Å². The van der Waals surface area contributed by atoms with Crippen LogP contribution < -0.4 is 32.6 Å². The average molecular weight is 612 g/mol. The Balaban J connectivity index is 0.00000119. The van der Waals surface area contributed by atoms with Gasteiger partial charge >= 0.3 is 0 Å². The van der Waals surface area contributed by atoms with Crippen LogP contribution in [0.3, 0.4) is 0 Å². The number of halogens is 1. The number of hydrogen-bond donors (Lipinski definition) is 6. The molecule has 1 unspecified atom stereocenters. The van der Waals surface area contributed by atoms with Crippen LogP contribution in [0.5, 0.6) is 0 Å². The fourth-order valence-corrected chi connectivity index (χ4v) is 4.22. The number of imidazole rings is 1. The molecule has 0 saturated carbocycles. The first kappa shape index (κ1) is 32.6. The highest BCUT2D eigenvalue weighted by Gasteiger charge is 2.20. The van der Waals surface area contributed by atoms with Crippen LogP contribution in [0.2, 0.25) is 5.02 Å². The highest BCUT2D eigenvalue weighted by Crippen LogP contribution is 2.31. The largest absolute Gasteiger partial charge is 0.471 e. The molecule has 2 aromatic carbocycles. The Hall–Kier alpha value is -4.92. The van der Waals surface area contributed by atoms with Crippen molar-refractivity contribution in [2.45, 2.75) is 18.9 Å². The highest BCUT2D eigenvalue weighted by molar-refractivity contribution is 6.30. The number of amides is 2. The van der Waals surface area contributed by atoms with Gasteiger partial charge in [-0.25, -0.2) is 10.8 Å². The van der Waals surface area contributed by atoms with Gasteiger partial charge in [-0.2, -0.15) is 5.10 Å². The summed E-state index contributed by atoms with van der Waals surface area (Å²) in [6.45, 7) is 0.874. The molecule has 1 aromatic heterocycles. The van der Waals surface area contributed by atoms with E-state index in [-0.39, 0.29) is 18.4 Å². The van der Waals surface area contributed by atoms with E-state index in [1.807, 2.05) is 25.2 Å². The first-order valence-electron chi connectivity index (χ1n) is 13.1. The SMILES string of the molecule is CNc1ccc2c(c1)NC(=O)CCCOCC(NC(=O)/C=C/c1cc(Cl)ccc1N(N)/C=N\N)c1ncc-2[nH]1.COC=O. The van der Waals surface area contributed by atoms with E-state index in [1.165, 1.54) is 24.5 Å². The number of H-pyrrole nitrogens is 1. The second-order valence-corrected chi connectivity index (χ2v) is 9.46. The Morgan fingerprint density at radius 3 is 2.81 bits per heavy atom. The van der Waals surface area contributed by atoms with E-state index < -0.39 is 6.04 Å². The fourth-order valence-electron chi connectivity index (χ4n) is 4.04. The zero-order chi connectivity index (χ0) is 31.2. The number of nitrogens with two attached hydrogens (primary N) is 2. The van der Waals surface area contributed by atoms with E-state index in [2.05, 4.69) is 35.8 Å². The first-order valence-corrected chi connectivity index (χ1v) is 13.4. The number of carbonyl (C=O) groups is 3. The molecule has 0 spiro atoms. The molecule has 14 nitrogen and oxygen atoms in total. The first-order chi connectivity index (χ1) is 20.8. The minimum absolute atomic E-state index is 0.115. The smallest absolute Gasteiger partial charge is 0.292 e. The number of carbonyl (C=O) groups excluding carboxylic acids is 3. The molecular weight excluding hydrogens is 578 g/mol. The van der Waals surface area contributed by atoms with Gasteiger partial charge in [0, 0.05) is 48.0 Å². The summed E-state index contributed by atoms with van der Waals surface area (Å²) in [4.78, 5) is 42.2. The zero-order valence-electron chi connectivity index (χ0n) is 23.7. The van der Waals surface area contributed by atoms with Gasteiger partial charge in [0.05, 0.1) is 37.0 Å². The minimum atomic E-state index is -0.574. The molecule has 0 radical (unpaired) electrons. The number of aromatic amines is 1. The summed E-state index contributed by atoms with van der Waals surface area (Å²) in [6.07, 6.45) is 6.67. The number of nitrogens with one attached hydrogen (secondary N) is 4. The van der Waals surface area contributed by atoms with Crippen LogP contribution >= 0.6 is 11.6 Å². The van der Waals surface area contributed by atoms with Crippen LogP contribution in [0.15, 0.2) is 53.8 Å². The van der Waals surface area contributed by atoms with Crippen LogP contribution in [0.1, 0.15) is 30.3 Å². The number of hydrazone groups is 1. The van der Waals surface area contributed by atoms with Gasteiger partial charge in [0.25, 0.3) is 6.47 Å². The summed E-state index contributed by atoms with van der Waals surface area (Å²) < 4.78 is 9.65. The molecule has 228 valence electrons. The molecule has 1 aliphatic heterocycles. The summed E-state index contributed by atoms with van der Waals surface area (Å²) in [7, 11) is 3.12. The third-order valence-corrected chi connectivity index (χ3v) is 6.30. The standard InChI is InChI=1S/C26H30ClN9O3.C2H4O2/c1-30-18-6-7-19-20(12-18)33-24(37)3-2-10-39-14-22(26-31-13-21(19)35-26)34-25(38)9-4-16-11-17(27)5-8-23(16)36(29)15-32-28;1-4-2-3/h4-9,11-13,15,22,30H,2-3,10,14,28-29H2,1H3,(H,31,35)(H,33,37)(H,34,38);2H,1H3/b9-4+,32-15-;. The monoisotopic (exact) mass is 611 g/mol.